The Balaban J connectivity index is 1.91. The minimum absolute atomic E-state index is 0.218. The average Bonchev–Trinajstić information content (AvgIpc) is 3.01. The van der Waals surface area contributed by atoms with Crippen molar-refractivity contribution in [1.82, 2.24) is 0 Å². The Bertz CT molecular complexity index is 736. The van der Waals surface area contributed by atoms with E-state index in [1.54, 1.807) is 13.0 Å². The minimum atomic E-state index is -0.218. The van der Waals surface area contributed by atoms with Gasteiger partial charge in [0, 0.05) is 4.88 Å². The molecule has 2 heterocycles. The lowest BCUT2D eigenvalue weighted by Gasteiger charge is -2.17. The molecule has 0 unspecified atom stereocenters. The first-order chi connectivity index (χ1) is 10.1. The second kappa shape index (κ2) is 5.38. The van der Waals surface area contributed by atoms with Gasteiger partial charge in [-0.3, -0.25) is 4.79 Å². The maximum absolute atomic E-state index is 12.3. The number of furan rings is 1. The highest BCUT2D eigenvalue weighted by Gasteiger charge is 2.25. The van der Waals surface area contributed by atoms with E-state index >= 15 is 0 Å². The predicted octanol–water partition coefficient (Wildman–Crippen LogP) is 3.90. The molecule has 1 atom stereocenters. The molecule has 0 aromatic carbocycles. The van der Waals surface area contributed by atoms with Gasteiger partial charge >= 0.3 is 0 Å². The summed E-state index contributed by atoms with van der Waals surface area (Å²) in [5, 5.41) is 13.0. The molecule has 0 radical (unpaired) electrons. The van der Waals surface area contributed by atoms with E-state index in [-0.39, 0.29) is 5.91 Å². The molecule has 0 aliphatic heterocycles. The maximum Gasteiger partial charge on any atom is 0.259 e. The van der Waals surface area contributed by atoms with Gasteiger partial charge in [-0.1, -0.05) is 6.92 Å². The Morgan fingerprint density at radius 1 is 1.57 bits per heavy atom. The lowest BCUT2D eigenvalue weighted by molar-refractivity contribution is 0.102. The van der Waals surface area contributed by atoms with Crippen LogP contribution in [0.1, 0.15) is 45.5 Å². The van der Waals surface area contributed by atoms with Crippen molar-refractivity contribution in [3.8, 4) is 6.07 Å². The number of anilines is 1. The number of hydrogen-bond donors (Lipinski definition) is 1. The Morgan fingerprint density at radius 2 is 2.38 bits per heavy atom. The molecule has 21 heavy (non-hydrogen) atoms. The Hall–Kier alpha value is -2.06. The highest BCUT2D eigenvalue weighted by atomic mass is 32.1. The van der Waals surface area contributed by atoms with Gasteiger partial charge in [0.2, 0.25) is 0 Å². The summed E-state index contributed by atoms with van der Waals surface area (Å²) in [6.07, 6.45) is 4.52. The zero-order valence-corrected chi connectivity index (χ0v) is 12.8. The topological polar surface area (TPSA) is 66.0 Å². The van der Waals surface area contributed by atoms with Gasteiger partial charge in [-0.15, -0.1) is 11.3 Å². The van der Waals surface area contributed by atoms with Crippen LogP contribution in [-0.4, -0.2) is 5.91 Å². The summed E-state index contributed by atoms with van der Waals surface area (Å²) < 4.78 is 5.15. The summed E-state index contributed by atoms with van der Waals surface area (Å²) >= 11 is 1.54. The van der Waals surface area contributed by atoms with Crippen molar-refractivity contribution in [2.45, 2.75) is 33.1 Å². The molecule has 0 bridgehead atoms. The highest BCUT2D eigenvalue weighted by molar-refractivity contribution is 7.16. The van der Waals surface area contributed by atoms with Gasteiger partial charge in [-0.25, -0.2) is 0 Å². The van der Waals surface area contributed by atoms with E-state index in [9.17, 15) is 10.1 Å². The van der Waals surface area contributed by atoms with Gasteiger partial charge in [0.15, 0.2) is 0 Å². The Morgan fingerprint density at radius 3 is 3.05 bits per heavy atom. The zero-order valence-electron chi connectivity index (χ0n) is 12.0. The van der Waals surface area contributed by atoms with Crippen LogP contribution in [0.15, 0.2) is 16.7 Å². The molecule has 2 aromatic heterocycles. The van der Waals surface area contributed by atoms with Crippen LogP contribution in [0.4, 0.5) is 5.00 Å². The number of aryl methyl sites for hydroxylation is 1. The maximum atomic E-state index is 12.3. The molecule has 108 valence electrons. The molecule has 1 amide bonds. The summed E-state index contributed by atoms with van der Waals surface area (Å²) in [5.74, 6) is 1.01. The zero-order chi connectivity index (χ0) is 15.0. The fourth-order valence-electron chi connectivity index (χ4n) is 2.75. The molecule has 0 saturated carbocycles. The summed E-state index contributed by atoms with van der Waals surface area (Å²) in [6.45, 7) is 3.98. The minimum Gasteiger partial charge on any atom is -0.469 e. The summed E-state index contributed by atoms with van der Waals surface area (Å²) in [5.41, 5.74) is 2.27. The highest BCUT2D eigenvalue weighted by Crippen LogP contribution is 2.39. The second-order valence-corrected chi connectivity index (χ2v) is 6.62. The van der Waals surface area contributed by atoms with Crippen molar-refractivity contribution < 1.29 is 9.21 Å². The number of fused-ring (bicyclic) bond motifs is 1. The number of rotatable bonds is 2. The van der Waals surface area contributed by atoms with Crippen molar-refractivity contribution in [3.63, 3.8) is 0 Å². The van der Waals surface area contributed by atoms with E-state index < -0.39 is 0 Å². The first kappa shape index (κ1) is 13.9. The predicted molar refractivity (Wildman–Crippen MR) is 81.6 cm³/mol. The third kappa shape index (κ3) is 2.47. The molecule has 1 aliphatic carbocycles. The van der Waals surface area contributed by atoms with Crippen molar-refractivity contribution in [2.75, 3.05) is 5.32 Å². The van der Waals surface area contributed by atoms with Crippen LogP contribution in [0.5, 0.6) is 0 Å². The molecule has 2 aromatic rings. The Kier molecular flexibility index (Phi) is 3.56. The SMILES string of the molecule is Cc1occc1C(=O)Nc1sc2c(c1C#N)CC[C@H](C)C2. The summed E-state index contributed by atoms with van der Waals surface area (Å²) in [6, 6.07) is 3.90. The van der Waals surface area contributed by atoms with Gasteiger partial charge in [0.1, 0.15) is 16.8 Å². The van der Waals surface area contributed by atoms with Crippen LogP contribution < -0.4 is 5.32 Å². The van der Waals surface area contributed by atoms with E-state index in [1.165, 1.54) is 22.5 Å². The van der Waals surface area contributed by atoms with Crippen LogP contribution in [0.25, 0.3) is 0 Å². The number of amides is 1. The van der Waals surface area contributed by atoms with E-state index in [0.717, 1.165) is 24.8 Å². The number of thiophene rings is 1. The smallest absolute Gasteiger partial charge is 0.259 e. The van der Waals surface area contributed by atoms with E-state index in [2.05, 4.69) is 18.3 Å². The summed E-state index contributed by atoms with van der Waals surface area (Å²) in [7, 11) is 0. The molecule has 1 N–H and O–H groups in total. The second-order valence-electron chi connectivity index (χ2n) is 5.51. The number of carbonyl (C=O) groups is 1. The molecule has 3 rings (SSSR count). The first-order valence-electron chi connectivity index (χ1n) is 7.00. The molecule has 0 saturated heterocycles. The number of carbonyl (C=O) groups excluding carboxylic acids is 1. The monoisotopic (exact) mass is 300 g/mol. The average molecular weight is 300 g/mol. The standard InChI is InChI=1S/C16H16N2O2S/c1-9-3-4-12-13(8-17)16(21-14(12)7-9)18-15(19)11-5-6-20-10(11)2/h5-6,9H,3-4,7H2,1-2H3,(H,18,19)/t9-/m0/s1. The van der Waals surface area contributed by atoms with Crippen LogP contribution in [0, 0.1) is 24.2 Å². The van der Waals surface area contributed by atoms with Gasteiger partial charge in [-0.2, -0.15) is 5.26 Å². The van der Waals surface area contributed by atoms with Crippen molar-refractivity contribution >= 4 is 22.2 Å². The van der Waals surface area contributed by atoms with E-state index in [1.807, 2.05) is 0 Å². The van der Waals surface area contributed by atoms with Gasteiger partial charge < -0.3 is 9.73 Å². The normalized spacial score (nSPS) is 17.1. The van der Waals surface area contributed by atoms with E-state index in [4.69, 9.17) is 4.42 Å². The molecule has 5 heteroatoms. The van der Waals surface area contributed by atoms with Gasteiger partial charge in [0.05, 0.1) is 17.4 Å². The fraction of sp³-hybridized carbons (Fsp3) is 0.375. The lowest BCUT2D eigenvalue weighted by atomic mass is 9.88. The van der Waals surface area contributed by atoms with Crippen LogP contribution in [-0.2, 0) is 12.8 Å². The number of nitriles is 1. The van der Waals surface area contributed by atoms with Crippen LogP contribution in [0.3, 0.4) is 0 Å². The quantitative estimate of drug-likeness (QED) is 0.914. The van der Waals surface area contributed by atoms with Gasteiger partial charge in [0.25, 0.3) is 5.91 Å². The van der Waals surface area contributed by atoms with Crippen molar-refractivity contribution in [3.05, 3.63) is 39.7 Å². The third-order valence-electron chi connectivity index (χ3n) is 3.95. The van der Waals surface area contributed by atoms with Crippen molar-refractivity contribution in [1.29, 1.82) is 5.26 Å². The molecule has 1 aliphatic rings. The molecule has 0 fully saturated rings. The number of nitrogens with zero attached hydrogens (tertiary/aromatic N) is 1. The van der Waals surface area contributed by atoms with E-state index in [0.29, 0.717) is 27.8 Å². The lowest BCUT2D eigenvalue weighted by Crippen LogP contribution is -2.12. The fourth-order valence-corrected chi connectivity index (χ4v) is 4.10. The molecular weight excluding hydrogens is 284 g/mol. The Labute approximate surface area is 127 Å². The van der Waals surface area contributed by atoms with Crippen LogP contribution >= 0.6 is 11.3 Å². The number of nitrogens with one attached hydrogen (secondary N) is 1. The third-order valence-corrected chi connectivity index (χ3v) is 5.12. The molecule has 0 spiro atoms. The van der Waals surface area contributed by atoms with Crippen LogP contribution in [0.2, 0.25) is 0 Å². The van der Waals surface area contributed by atoms with Crippen molar-refractivity contribution in [2.24, 2.45) is 5.92 Å². The molecule has 4 nitrogen and oxygen atoms in total. The molecular formula is C16H16N2O2S. The number of hydrogen-bond acceptors (Lipinski definition) is 4. The first-order valence-corrected chi connectivity index (χ1v) is 7.82. The van der Waals surface area contributed by atoms with Gasteiger partial charge in [-0.05, 0) is 43.7 Å². The largest absolute Gasteiger partial charge is 0.469 e. The summed E-state index contributed by atoms with van der Waals surface area (Å²) in [4.78, 5) is 13.5.